The van der Waals surface area contributed by atoms with Gasteiger partial charge in [0, 0.05) is 31.0 Å². The minimum atomic E-state index is 0.0928. The Kier molecular flexibility index (Phi) is 3.07. The van der Waals surface area contributed by atoms with Crippen molar-refractivity contribution in [3.8, 4) is 0 Å². The zero-order valence-electron chi connectivity index (χ0n) is 11.0. The second-order valence-corrected chi connectivity index (χ2v) is 4.96. The fourth-order valence-corrected chi connectivity index (χ4v) is 2.60. The number of anilines is 1. The second-order valence-electron chi connectivity index (χ2n) is 4.96. The summed E-state index contributed by atoms with van der Waals surface area (Å²) in [6, 6.07) is 10.1. The molecule has 0 unspecified atom stereocenters. The van der Waals surface area contributed by atoms with E-state index in [1.165, 1.54) is 5.56 Å². The Morgan fingerprint density at radius 3 is 3.00 bits per heavy atom. The molecule has 1 aromatic heterocycles. The number of benzene rings is 1. The van der Waals surface area contributed by atoms with Gasteiger partial charge in [-0.15, -0.1) is 0 Å². The van der Waals surface area contributed by atoms with E-state index in [2.05, 4.69) is 11.2 Å². The van der Waals surface area contributed by atoms with Crippen LogP contribution in [0, 0.1) is 0 Å². The molecule has 4 nitrogen and oxygen atoms in total. The molecule has 1 aromatic carbocycles. The minimum Gasteiger partial charge on any atom is -0.312 e. The number of fused-ring (bicyclic) bond motifs is 1. The summed E-state index contributed by atoms with van der Waals surface area (Å²) in [6.07, 6.45) is 5.08. The van der Waals surface area contributed by atoms with E-state index in [4.69, 9.17) is 0 Å². The molecule has 98 valence electrons. The summed E-state index contributed by atoms with van der Waals surface area (Å²) >= 11 is 0. The van der Waals surface area contributed by atoms with Gasteiger partial charge in [0.1, 0.15) is 0 Å². The minimum absolute atomic E-state index is 0.0928. The molecule has 1 atom stereocenters. The number of hydrogen-bond donors (Lipinski definition) is 0. The van der Waals surface area contributed by atoms with Crippen molar-refractivity contribution in [2.24, 2.45) is 0 Å². The molecule has 0 N–H and O–H groups in total. The number of hydrogen-bond acceptors (Lipinski definition) is 2. The zero-order chi connectivity index (χ0) is 13.2. The van der Waals surface area contributed by atoms with E-state index in [9.17, 15) is 4.79 Å². The second kappa shape index (κ2) is 4.88. The summed E-state index contributed by atoms with van der Waals surface area (Å²) in [7, 11) is 0. The van der Waals surface area contributed by atoms with Crippen LogP contribution in [0.25, 0.3) is 0 Å². The van der Waals surface area contributed by atoms with E-state index >= 15 is 0 Å². The number of carbonyl (C=O) groups is 1. The van der Waals surface area contributed by atoms with Crippen LogP contribution in [0.2, 0.25) is 0 Å². The van der Waals surface area contributed by atoms with Crippen LogP contribution in [0.3, 0.4) is 0 Å². The summed E-state index contributed by atoms with van der Waals surface area (Å²) in [5.74, 6) is 0.174. The molecule has 19 heavy (non-hydrogen) atoms. The Balaban J connectivity index is 1.72. The van der Waals surface area contributed by atoms with Crippen LogP contribution in [0.15, 0.2) is 42.7 Å². The molecule has 1 aliphatic heterocycles. The monoisotopic (exact) mass is 255 g/mol. The first-order valence-corrected chi connectivity index (χ1v) is 6.63. The number of aromatic nitrogens is 2. The number of amides is 1. The molecule has 0 aliphatic carbocycles. The number of rotatable bonds is 3. The van der Waals surface area contributed by atoms with Gasteiger partial charge in [-0.3, -0.25) is 9.48 Å². The first-order valence-electron chi connectivity index (χ1n) is 6.63. The molecular formula is C15H17N3O. The van der Waals surface area contributed by atoms with Crippen LogP contribution >= 0.6 is 0 Å². The summed E-state index contributed by atoms with van der Waals surface area (Å²) < 4.78 is 1.83. The number of carbonyl (C=O) groups excluding carboxylic acids is 1. The predicted octanol–water partition coefficient (Wildman–Crippen LogP) is 2.42. The van der Waals surface area contributed by atoms with E-state index < -0.39 is 0 Å². The lowest BCUT2D eigenvalue weighted by atomic mass is 10.1. The Hall–Kier alpha value is -2.10. The summed E-state index contributed by atoms with van der Waals surface area (Å²) in [5.41, 5.74) is 2.34. The Morgan fingerprint density at radius 1 is 1.37 bits per heavy atom. The fraction of sp³-hybridized carbons (Fsp3) is 0.333. The van der Waals surface area contributed by atoms with Crippen LogP contribution < -0.4 is 4.90 Å². The third kappa shape index (κ3) is 2.26. The lowest BCUT2D eigenvalue weighted by Crippen LogP contribution is -2.30. The van der Waals surface area contributed by atoms with Gasteiger partial charge in [-0.1, -0.05) is 18.2 Å². The van der Waals surface area contributed by atoms with Crippen LogP contribution in [-0.2, 0) is 11.2 Å². The topological polar surface area (TPSA) is 38.1 Å². The Morgan fingerprint density at radius 2 is 2.21 bits per heavy atom. The molecule has 0 fully saturated rings. The molecule has 1 amide bonds. The van der Waals surface area contributed by atoms with Crippen molar-refractivity contribution < 1.29 is 4.79 Å². The van der Waals surface area contributed by atoms with E-state index in [0.29, 0.717) is 6.42 Å². The molecule has 0 bridgehead atoms. The van der Waals surface area contributed by atoms with E-state index in [1.54, 1.807) is 6.20 Å². The van der Waals surface area contributed by atoms with Gasteiger partial charge in [-0.25, -0.2) is 0 Å². The van der Waals surface area contributed by atoms with Gasteiger partial charge >= 0.3 is 0 Å². The van der Waals surface area contributed by atoms with Crippen molar-refractivity contribution >= 4 is 11.6 Å². The first-order chi connectivity index (χ1) is 9.25. The molecule has 2 aromatic rings. The van der Waals surface area contributed by atoms with Crippen LogP contribution in [0.1, 0.15) is 24.9 Å². The van der Waals surface area contributed by atoms with Crippen LogP contribution in [0.4, 0.5) is 5.69 Å². The van der Waals surface area contributed by atoms with Crippen molar-refractivity contribution in [2.45, 2.75) is 25.8 Å². The van der Waals surface area contributed by atoms with Crippen LogP contribution in [0.5, 0.6) is 0 Å². The third-order valence-corrected chi connectivity index (χ3v) is 3.63. The van der Waals surface area contributed by atoms with Gasteiger partial charge < -0.3 is 4.90 Å². The summed E-state index contributed by atoms with van der Waals surface area (Å²) in [4.78, 5) is 14.3. The highest BCUT2D eigenvalue weighted by molar-refractivity contribution is 5.95. The predicted molar refractivity (Wildman–Crippen MR) is 74.1 cm³/mol. The highest BCUT2D eigenvalue weighted by Crippen LogP contribution is 2.28. The largest absolute Gasteiger partial charge is 0.312 e. The van der Waals surface area contributed by atoms with Gasteiger partial charge in [-0.2, -0.15) is 5.10 Å². The van der Waals surface area contributed by atoms with Crippen molar-refractivity contribution in [3.63, 3.8) is 0 Å². The van der Waals surface area contributed by atoms with Gasteiger partial charge in [0.05, 0.1) is 6.04 Å². The van der Waals surface area contributed by atoms with Gasteiger partial charge in [-0.05, 0) is 31.0 Å². The molecule has 0 saturated heterocycles. The van der Waals surface area contributed by atoms with Crippen molar-refractivity contribution in [1.29, 1.82) is 0 Å². The van der Waals surface area contributed by atoms with Gasteiger partial charge in [0.15, 0.2) is 0 Å². The maximum absolute atomic E-state index is 12.4. The average molecular weight is 255 g/mol. The Bertz CT molecular complexity index is 577. The molecule has 0 saturated carbocycles. The smallest absolute Gasteiger partial charge is 0.229 e. The van der Waals surface area contributed by atoms with Crippen molar-refractivity contribution in [3.05, 3.63) is 48.3 Å². The SMILES string of the molecule is C[C@H](CC(=O)N1CCc2ccccc21)n1cccn1. The standard InChI is InChI=1S/C15H17N3O/c1-12(18-9-4-8-16-18)11-15(19)17-10-7-13-5-2-3-6-14(13)17/h2-6,8-9,12H,7,10-11H2,1H3/t12-/m1/s1. The average Bonchev–Trinajstić information content (AvgIpc) is 3.08. The first kappa shape index (κ1) is 12.0. The van der Waals surface area contributed by atoms with E-state index in [-0.39, 0.29) is 11.9 Å². The lowest BCUT2D eigenvalue weighted by molar-refractivity contribution is -0.119. The summed E-state index contributed by atoms with van der Waals surface area (Å²) in [6.45, 7) is 2.82. The van der Waals surface area contributed by atoms with Crippen molar-refractivity contribution in [2.75, 3.05) is 11.4 Å². The third-order valence-electron chi connectivity index (χ3n) is 3.63. The van der Waals surface area contributed by atoms with E-state index in [0.717, 1.165) is 18.7 Å². The highest BCUT2D eigenvalue weighted by atomic mass is 16.2. The van der Waals surface area contributed by atoms with Gasteiger partial charge in [0.25, 0.3) is 0 Å². The molecular weight excluding hydrogens is 238 g/mol. The maximum atomic E-state index is 12.4. The quantitative estimate of drug-likeness (QED) is 0.844. The van der Waals surface area contributed by atoms with Gasteiger partial charge in [0.2, 0.25) is 5.91 Å². The molecule has 2 heterocycles. The number of para-hydroxylation sites is 1. The molecule has 3 rings (SSSR count). The van der Waals surface area contributed by atoms with Crippen molar-refractivity contribution in [1.82, 2.24) is 9.78 Å². The molecule has 0 radical (unpaired) electrons. The molecule has 1 aliphatic rings. The van der Waals surface area contributed by atoms with E-state index in [1.807, 2.05) is 47.0 Å². The molecule has 4 heteroatoms. The maximum Gasteiger partial charge on any atom is 0.229 e. The highest BCUT2D eigenvalue weighted by Gasteiger charge is 2.25. The number of nitrogens with zero attached hydrogens (tertiary/aromatic N) is 3. The van der Waals surface area contributed by atoms with Crippen LogP contribution in [-0.4, -0.2) is 22.2 Å². The molecule has 0 spiro atoms. The Labute approximate surface area is 112 Å². The lowest BCUT2D eigenvalue weighted by Gasteiger charge is -2.20. The fourth-order valence-electron chi connectivity index (χ4n) is 2.60. The zero-order valence-corrected chi connectivity index (χ0v) is 11.0. The summed E-state index contributed by atoms with van der Waals surface area (Å²) in [5, 5.41) is 4.19. The normalized spacial score (nSPS) is 15.3.